The van der Waals surface area contributed by atoms with Crippen LogP contribution in [0.15, 0.2) is 42.7 Å². The van der Waals surface area contributed by atoms with E-state index in [0.29, 0.717) is 12.3 Å². The molecule has 1 aromatic carbocycles. The molecule has 2 aromatic rings. The van der Waals surface area contributed by atoms with Gasteiger partial charge in [-0.3, -0.25) is 4.68 Å². The Kier molecular flexibility index (Phi) is 5.09. The normalized spacial score (nSPS) is 30.0. The van der Waals surface area contributed by atoms with Crippen LogP contribution in [-0.2, 0) is 26.7 Å². The van der Waals surface area contributed by atoms with Gasteiger partial charge < -0.3 is 10.1 Å². The molecule has 6 nitrogen and oxygen atoms in total. The van der Waals surface area contributed by atoms with Crippen molar-refractivity contribution in [2.24, 2.45) is 5.92 Å². The van der Waals surface area contributed by atoms with Crippen molar-refractivity contribution in [2.45, 2.75) is 38.0 Å². The van der Waals surface area contributed by atoms with Gasteiger partial charge in [0, 0.05) is 37.4 Å². The average molecular weight is 390 g/mol. The number of nitrogens with one attached hydrogen (secondary N) is 1. The molecular formula is C20H27N3O3S. The van der Waals surface area contributed by atoms with E-state index in [2.05, 4.69) is 34.7 Å². The third kappa shape index (κ3) is 4.10. The third-order valence-electron chi connectivity index (χ3n) is 5.75. The van der Waals surface area contributed by atoms with Crippen LogP contribution in [-0.4, -0.2) is 42.9 Å². The molecule has 7 heteroatoms. The Labute approximate surface area is 160 Å². The van der Waals surface area contributed by atoms with Crippen LogP contribution in [0.5, 0.6) is 0 Å². The van der Waals surface area contributed by atoms with Gasteiger partial charge in [-0.15, -0.1) is 0 Å². The molecule has 1 N–H and O–H groups in total. The fourth-order valence-electron chi connectivity index (χ4n) is 4.18. The van der Waals surface area contributed by atoms with Gasteiger partial charge in [-0.1, -0.05) is 30.3 Å². The molecule has 0 spiro atoms. The van der Waals surface area contributed by atoms with Crippen molar-refractivity contribution in [3.05, 3.63) is 53.9 Å². The summed E-state index contributed by atoms with van der Waals surface area (Å²) >= 11 is 0. The first-order valence-electron chi connectivity index (χ1n) is 9.57. The van der Waals surface area contributed by atoms with Crippen LogP contribution in [0, 0.1) is 5.92 Å². The van der Waals surface area contributed by atoms with Crippen molar-refractivity contribution in [3.63, 3.8) is 0 Å². The Morgan fingerprint density at radius 1 is 1.33 bits per heavy atom. The minimum atomic E-state index is -2.94. The molecule has 3 atom stereocenters. The first kappa shape index (κ1) is 18.7. The second kappa shape index (κ2) is 7.37. The molecule has 1 aromatic heterocycles. The van der Waals surface area contributed by atoms with Crippen LogP contribution in [0.1, 0.15) is 37.0 Å². The number of hydrogen-bond donors (Lipinski definition) is 1. The molecule has 2 aliphatic heterocycles. The summed E-state index contributed by atoms with van der Waals surface area (Å²) in [6.45, 7) is 4.38. The van der Waals surface area contributed by atoms with Gasteiger partial charge in [0.2, 0.25) is 0 Å². The maximum Gasteiger partial charge on any atom is 0.152 e. The van der Waals surface area contributed by atoms with Gasteiger partial charge in [0.25, 0.3) is 0 Å². The van der Waals surface area contributed by atoms with Gasteiger partial charge in [0.15, 0.2) is 9.84 Å². The molecule has 0 amide bonds. The summed E-state index contributed by atoms with van der Waals surface area (Å²) in [4.78, 5) is 0. The predicted octanol–water partition coefficient (Wildman–Crippen LogP) is 2.28. The zero-order chi connectivity index (χ0) is 18.9. The van der Waals surface area contributed by atoms with Crippen LogP contribution >= 0.6 is 0 Å². The minimum Gasteiger partial charge on any atom is -0.373 e. The highest BCUT2D eigenvalue weighted by Gasteiger charge is 2.40. The topological polar surface area (TPSA) is 73.2 Å². The van der Waals surface area contributed by atoms with E-state index < -0.39 is 15.4 Å². The van der Waals surface area contributed by atoms with Crippen molar-refractivity contribution < 1.29 is 13.2 Å². The Bertz CT molecular complexity index is 881. The number of ether oxygens (including phenoxy) is 1. The molecule has 0 radical (unpaired) electrons. The van der Waals surface area contributed by atoms with Gasteiger partial charge in [-0.25, -0.2) is 8.42 Å². The van der Waals surface area contributed by atoms with E-state index in [-0.39, 0.29) is 17.6 Å². The van der Waals surface area contributed by atoms with Gasteiger partial charge >= 0.3 is 0 Å². The van der Waals surface area contributed by atoms with Crippen molar-refractivity contribution in [1.82, 2.24) is 15.1 Å². The fraction of sp³-hybridized carbons (Fsp3) is 0.550. The highest BCUT2D eigenvalue weighted by atomic mass is 32.2. The quantitative estimate of drug-likeness (QED) is 0.821. The fourth-order valence-corrected chi connectivity index (χ4v) is 6.30. The Morgan fingerprint density at radius 2 is 2.15 bits per heavy atom. The smallest absolute Gasteiger partial charge is 0.152 e. The summed E-state index contributed by atoms with van der Waals surface area (Å²) in [5.41, 5.74) is 1.90. The Hall–Kier alpha value is -1.70. The van der Waals surface area contributed by atoms with Crippen LogP contribution in [0.3, 0.4) is 0 Å². The monoisotopic (exact) mass is 389 g/mol. The summed E-state index contributed by atoms with van der Waals surface area (Å²) in [7, 11) is -2.94. The van der Waals surface area contributed by atoms with E-state index in [1.54, 1.807) is 0 Å². The lowest BCUT2D eigenvalue weighted by atomic mass is 9.95. The summed E-state index contributed by atoms with van der Waals surface area (Å²) in [5.74, 6) is 0.881. The van der Waals surface area contributed by atoms with Crippen molar-refractivity contribution in [3.8, 4) is 0 Å². The summed E-state index contributed by atoms with van der Waals surface area (Å²) in [5, 5.41) is 7.96. The molecular weight excluding hydrogens is 362 g/mol. The Balaban J connectivity index is 1.33. The van der Waals surface area contributed by atoms with E-state index in [9.17, 15) is 8.42 Å². The molecule has 3 heterocycles. The van der Waals surface area contributed by atoms with E-state index in [0.717, 1.165) is 31.7 Å². The van der Waals surface area contributed by atoms with Crippen LogP contribution in [0.25, 0.3) is 0 Å². The molecule has 27 heavy (non-hydrogen) atoms. The minimum absolute atomic E-state index is 0.157. The summed E-state index contributed by atoms with van der Waals surface area (Å²) in [6.07, 6.45) is 5.66. The standard InChI is InChI=1S/C20H27N3O3S/c1-20(8-10-27(24,25)15-20)23-14-16(12-22-23)11-21-13-18-7-9-26-19(18)17-5-3-2-4-6-17/h2-6,12,14,18-19,21H,7-11,13,15H2,1H3/t18-,19-,20+/m1/s1. The van der Waals surface area contributed by atoms with Gasteiger partial charge in [-0.2, -0.15) is 5.10 Å². The molecule has 2 saturated heterocycles. The lowest BCUT2D eigenvalue weighted by Crippen LogP contribution is -2.31. The molecule has 4 rings (SSSR count). The van der Waals surface area contributed by atoms with E-state index in [1.165, 1.54) is 5.56 Å². The number of rotatable bonds is 6. The van der Waals surface area contributed by atoms with Gasteiger partial charge in [0.05, 0.1) is 29.3 Å². The predicted molar refractivity (Wildman–Crippen MR) is 104 cm³/mol. The highest BCUT2D eigenvalue weighted by molar-refractivity contribution is 7.91. The molecule has 0 aliphatic carbocycles. The van der Waals surface area contributed by atoms with Gasteiger partial charge in [0.1, 0.15) is 0 Å². The summed E-state index contributed by atoms with van der Waals surface area (Å²) < 4.78 is 31.4. The second-order valence-corrected chi connectivity index (χ2v) is 10.2. The Morgan fingerprint density at radius 3 is 2.89 bits per heavy atom. The maximum atomic E-state index is 11.8. The number of sulfone groups is 1. The molecule has 0 bridgehead atoms. The van der Waals surface area contributed by atoms with E-state index >= 15 is 0 Å². The average Bonchev–Trinajstić information content (AvgIpc) is 3.36. The van der Waals surface area contributed by atoms with Crippen molar-refractivity contribution >= 4 is 9.84 Å². The maximum absolute atomic E-state index is 11.8. The number of nitrogens with zero attached hydrogens (tertiary/aromatic N) is 2. The first-order valence-corrected chi connectivity index (χ1v) is 11.4. The second-order valence-electron chi connectivity index (χ2n) is 8.01. The van der Waals surface area contributed by atoms with E-state index in [1.807, 2.05) is 30.1 Å². The number of aromatic nitrogens is 2. The largest absolute Gasteiger partial charge is 0.373 e. The van der Waals surface area contributed by atoms with Crippen molar-refractivity contribution in [2.75, 3.05) is 24.7 Å². The molecule has 2 fully saturated rings. The molecule has 2 aliphatic rings. The molecule has 0 saturated carbocycles. The SMILES string of the molecule is C[C@]1(n2cc(CNC[C@H]3CCO[C@@H]3c3ccccc3)cn2)CCS(=O)(=O)C1. The van der Waals surface area contributed by atoms with Crippen LogP contribution < -0.4 is 5.32 Å². The lowest BCUT2D eigenvalue weighted by molar-refractivity contribution is 0.0904. The zero-order valence-electron chi connectivity index (χ0n) is 15.7. The zero-order valence-corrected chi connectivity index (χ0v) is 16.5. The first-order chi connectivity index (χ1) is 13.0. The van der Waals surface area contributed by atoms with Crippen LogP contribution in [0.4, 0.5) is 0 Å². The van der Waals surface area contributed by atoms with Crippen LogP contribution in [0.2, 0.25) is 0 Å². The number of hydrogen-bond acceptors (Lipinski definition) is 5. The molecule has 0 unspecified atom stereocenters. The highest BCUT2D eigenvalue weighted by Crippen LogP contribution is 2.34. The molecule has 146 valence electrons. The third-order valence-corrected chi connectivity index (χ3v) is 7.64. The van der Waals surface area contributed by atoms with Gasteiger partial charge in [-0.05, 0) is 25.3 Å². The van der Waals surface area contributed by atoms with Crippen molar-refractivity contribution in [1.29, 1.82) is 0 Å². The number of benzene rings is 1. The lowest BCUT2D eigenvalue weighted by Gasteiger charge is -2.22. The van der Waals surface area contributed by atoms with E-state index in [4.69, 9.17) is 4.74 Å². The summed E-state index contributed by atoms with van der Waals surface area (Å²) in [6, 6.07) is 10.4.